The van der Waals surface area contributed by atoms with Gasteiger partial charge >= 0.3 is 0 Å². The van der Waals surface area contributed by atoms with Gasteiger partial charge in [-0.15, -0.1) is 0 Å². The van der Waals surface area contributed by atoms with E-state index < -0.39 is 0 Å². The number of rotatable bonds is 2. The third-order valence-corrected chi connectivity index (χ3v) is 4.79. The highest BCUT2D eigenvalue weighted by Gasteiger charge is 2.21. The van der Waals surface area contributed by atoms with Gasteiger partial charge in [0.15, 0.2) is 0 Å². The van der Waals surface area contributed by atoms with E-state index in [2.05, 4.69) is 35.6 Å². The summed E-state index contributed by atoms with van der Waals surface area (Å²) in [5.74, 6) is 0.981. The predicted molar refractivity (Wildman–Crippen MR) is 90.4 cm³/mol. The number of hydrogen-bond acceptors (Lipinski definition) is 2. The molecule has 0 aromatic heterocycles. The van der Waals surface area contributed by atoms with Crippen LogP contribution in [0.15, 0.2) is 36.4 Å². The van der Waals surface area contributed by atoms with Crippen LogP contribution in [0.3, 0.4) is 0 Å². The molecule has 0 spiro atoms. The zero-order valence-corrected chi connectivity index (χ0v) is 14.0. The monoisotopic (exact) mass is 399 g/mol. The van der Waals surface area contributed by atoms with E-state index in [-0.39, 0.29) is 12.1 Å². The molecule has 2 unspecified atom stereocenters. The van der Waals surface area contributed by atoms with Crippen molar-refractivity contribution >= 4 is 34.2 Å². The summed E-state index contributed by atoms with van der Waals surface area (Å²) in [4.78, 5) is 0. The number of benzene rings is 2. The van der Waals surface area contributed by atoms with E-state index in [1.807, 2.05) is 30.3 Å². The molecule has 0 saturated heterocycles. The lowest BCUT2D eigenvalue weighted by atomic mass is 9.97. The summed E-state index contributed by atoms with van der Waals surface area (Å²) in [6.07, 6.45) is 1.20. The van der Waals surface area contributed by atoms with Crippen molar-refractivity contribution < 1.29 is 4.74 Å². The van der Waals surface area contributed by atoms with Crippen LogP contribution in [-0.2, 0) is 6.42 Å². The van der Waals surface area contributed by atoms with Gasteiger partial charge in [-0.25, -0.2) is 0 Å². The molecule has 1 heterocycles. The smallest absolute Gasteiger partial charge is 0.123 e. The van der Waals surface area contributed by atoms with Crippen LogP contribution in [0.2, 0.25) is 5.02 Å². The Kier molecular flexibility index (Phi) is 3.93. The van der Waals surface area contributed by atoms with Gasteiger partial charge in [-0.3, -0.25) is 0 Å². The molecule has 20 heavy (non-hydrogen) atoms. The van der Waals surface area contributed by atoms with Gasteiger partial charge in [0.1, 0.15) is 11.9 Å². The standard InChI is InChI=1S/C16H15ClINO/c1-9-6-11-7-10(2-5-15(11)20-9)16(19)13-8-12(17)3-4-14(13)18/h2-5,7-9,16H,6,19H2,1H3. The van der Waals surface area contributed by atoms with Crippen molar-refractivity contribution in [3.63, 3.8) is 0 Å². The number of nitrogens with two attached hydrogens (primary N) is 1. The minimum absolute atomic E-state index is 0.165. The fraction of sp³-hybridized carbons (Fsp3) is 0.250. The molecule has 1 aliphatic rings. The Morgan fingerprint density at radius 1 is 1.30 bits per heavy atom. The van der Waals surface area contributed by atoms with E-state index in [1.165, 1.54) is 5.56 Å². The fourth-order valence-corrected chi connectivity index (χ4v) is 3.42. The molecule has 2 N–H and O–H groups in total. The van der Waals surface area contributed by atoms with Crippen molar-refractivity contribution in [2.24, 2.45) is 5.73 Å². The summed E-state index contributed by atoms with van der Waals surface area (Å²) in [7, 11) is 0. The van der Waals surface area contributed by atoms with E-state index >= 15 is 0 Å². The summed E-state index contributed by atoms with van der Waals surface area (Å²) in [5.41, 5.74) is 9.81. The van der Waals surface area contributed by atoms with Crippen molar-refractivity contribution in [3.05, 3.63) is 61.7 Å². The van der Waals surface area contributed by atoms with E-state index in [1.54, 1.807) is 0 Å². The number of halogens is 2. The number of fused-ring (bicyclic) bond motifs is 1. The molecule has 0 amide bonds. The largest absolute Gasteiger partial charge is 0.490 e. The Morgan fingerprint density at radius 2 is 2.10 bits per heavy atom. The highest BCUT2D eigenvalue weighted by atomic mass is 127. The summed E-state index contributed by atoms with van der Waals surface area (Å²) in [5, 5.41) is 0.717. The van der Waals surface area contributed by atoms with Gasteiger partial charge in [0.05, 0.1) is 6.04 Å². The van der Waals surface area contributed by atoms with Crippen LogP contribution in [0.25, 0.3) is 0 Å². The van der Waals surface area contributed by atoms with Crippen molar-refractivity contribution in [1.29, 1.82) is 0 Å². The first-order chi connectivity index (χ1) is 9.54. The fourth-order valence-electron chi connectivity index (χ4n) is 2.57. The Morgan fingerprint density at radius 3 is 2.90 bits per heavy atom. The second-order valence-electron chi connectivity index (χ2n) is 5.14. The van der Waals surface area contributed by atoms with E-state index in [0.717, 1.165) is 26.9 Å². The zero-order valence-electron chi connectivity index (χ0n) is 11.1. The third-order valence-electron chi connectivity index (χ3n) is 3.57. The lowest BCUT2D eigenvalue weighted by molar-refractivity contribution is 0.254. The van der Waals surface area contributed by atoms with Crippen LogP contribution in [0.4, 0.5) is 0 Å². The number of ether oxygens (including phenoxy) is 1. The molecule has 3 rings (SSSR count). The Hall–Kier alpha value is -0.780. The maximum absolute atomic E-state index is 6.41. The first kappa shape index (κ1) is 14.2. The average molecular weight is 400 g/mol. The van der Waals surface area contributed by atoms with Crippen molar-refractivity contribution in [1.82, 2.24) is 0 Å². The second kappa shape index (κ2) is 5.54. The van der Waals surface area contributed by atoms with Crippen LogP contribution in [-0.4, -0.2) is 6.10 Å². The molecular formula is C16H15ClINO. The van der Waals surface area contributed by atoms with Gasteiger partial charge in [0.2, 0.25) is 0 Å². The molecule has 0 aliphatic carbocycles. The molecule has 104 valence electrons. The van der Waals surface area contributed by atoms with E-state index in [4.69, 9.17) is 22.1 Å². The van der Waals surface area contributed by atoms with Gasteiger partial charge in [-0.05, 0) is 70.5 Å². The molecule has 0 bridgehead atoms. The first-order valence-electron chi connectivity index (χ1n) is 6.54. The molecule has 2 nitrogen and oxygen atoms in total. The molecule has 0 radical (unpaired) electrons. The highest BCUT2D eigenvalue weighted by Crippen LogP contribution is 2.33. The van der Waals surface area contributed by atoms with Gasteiger partial charge in [0, 0.05) is 15.0 Å². The predicted octanol–water partition coefficient (Wildman–Crippen LogP) is 4.32. The van der Waals surface area contributed by atoms with E-state index in [9.17, 15) is 0 Å². The molecule has 2 atom stereocenters. The normalized spacial score (nSPS) is 18.5. The van der Waals surface area contributed by atoms with Crippen LogP contribution in [0, 0.1) is 3.57 Å². The molecule has 0 saturated carbocycles. The maximum atomic E-state index is 6.41. The van der Waals surface area contributed by atoms with Gasteiger partial charge < -0.3 is 10.5 Å². The Balaban J connectivity index is 1.97. The second-order valence-corrected chi connectivity index (χ2v) is 6.74. The van der Waals surface area contributed by atoms with Crippen LogP contribution in [0.5, 0.6) is 5.75 Å². The number of hydrogen-bond donors (Lipinski definition) is 1. The minimum atomic E-state index is -0.165. The molecular weight excluding hydrogens is 385 g/mol. The topological polar surface area (TPSA) is 35.2 Å². The molecule has 4 heteroatoms. The molecule has 0 fully saturated rings. The summed E-state index contributed by atoms with van der Waals surface area (Å²) in [6, 6.07) is 11.9. The Bertz CT molecular complexity index is 659. The molecule has 1 aliphatic heterocycles. The van der Waals surface area contributed by atoms with Crippen molar-refractivity contribution in [2.75, 3.05) is 0 Å². The lowest BCUT2D eigenvalue weighted by Gasteiger charge is -2.15. The average Bonchev–Trinajstić information content (AvgIpc) is 2.79. The summed E-state index contributed by atoms with van der Waals surface area (Å²) >= 11 is 8.38. The minimum Gasteiger partial charge on any atom is -0.490 e. The van der Waals surface area contributed by atoms with E-state index in [0.29, 0.717) is 5.02 Å². The SMILES string of the molecule is CC1Cc2cc(C(N)c3cc(Cl)ccc3I)ccc2O1. The van der Waals surface area contributed by atoms with Gasteiger partial charge in [-0.2, -0.15) is 0 Å². The highest BCUT2D eigenvalue weighted by molar-refractivity contribution is 14.1. The van der Waals surface area contributed by atoms with Gasteiger partial charge in [0.25, 0.3) is 0 Å². The summed E-state index contributed by atoms with van der Waals surface area (Å²) in [6.45, 7) is 2.08. The molecule has 2 aromatic carbocycles. The summed E-state index contributed by atoms with van der Waals surface area (Å²) < 4.78 is 6.86. The molecule has 2 aromatic rings. The lowest BCUT2D eigenvalue weighted by Crippen LogP contribution is -2.13. The van der Waals surface area contributed by atoms with Crippen molar-refractivity contribution in [2.45, 2.75) is 25.5 Å². The Labute approximate surface area is 137 Å². The van der Waals surface area contributed by atoms with Crippen molar-refractivity contribution in [3.8, 4) is 5.75 Å². The van der Waals surface area contributed by atoms with Crippen LogP contribution in [0.1, 0.15) is 29.7 Å². The quantitative estimate of drug-likeness (QED) is 0.764. The first-order valence-corrected chi connectivity index (χ1v) is 8.00. The third kappa shape index (κ3) is 2.67. The zero-order chi connectivity index (χ0) is 14.3. The van der Waals surface area contributed by atoms with Crippen LogP contribution >= 0.6 is 34.2 Å². The maximum Gasteiger partial charge on any atom is 0.123 e. The van der Waals surface area contributed by atoms with Crippen LogP contribution < -0.4 is 10.5 Å². The van der Waals surface area contributed by atoms with Gasteiger partial charge in [-0.1, -0.05) is 23.7 Å².